The van der Waals surface area contributed by atoms with Crippen LogP contribution in [0.25, 0.3) is 0 Å². The van der Waals surface area contributed by atoms with E-state index in [1.165, 1.54) is 6.42 Å². The highest BCUT2D eigenvalue weighted by Crippen LogP contribution is 2.30. The van der Waals surface area contributed by atoms with Crippen molar-refractivity contribution in [1.82, 2.24) is 5.32 Å². The van der Waals surface area contributed by atoms with Crippen LogP contribution < -0.4 is 5.32 Å². The number of aliphatic hydroxyl groups is 1. The summed E-state index contributed by atoms with van der Waals surface area (Å²) in [5.41, 5.74) is 0. The molecule has 1 saturated heterocycles. The first-order valence-corrected chi connectivity index (χ1v) is 6.31. The maximum atomic E-state index is 11.7. The number of carbonyl (C=O) groups is 1. The first-order chi connectivity index (χ1) is 7.81. The summed E-state index contributed by atoms with van der Waals surface area (Å²) in [6, 6.07) is 0. The quantitative estimate of drug-likeness (QED) is 0.743. The highest BCUT2D eigenvalue weighted by Gasteiger charge is 2.28. The lowest BCUT2D eigenvalue weighted by atomic mass is 9.97. The number of hydrogen-bond acceptors (Lipinski definition) is 3. The first-order valence-electron chi connectivity index (χ1n) is 6.31. The lowest BCUT2D eigenvalue weighted by Gasteiger charge is -2.19. The number of rotatable bonds is 4. The number of nitrogens with one attached hydrogen (secondary N) is 1. The molecule has 1 aliphatic carbocycles. The molecule has 16 heavy (non-hydrogen) atoms. The molecule has 0 aromatic rings. The van der Waals surface area contributed by atoms with E-state index >= 15 is 0 Å². The lowest BCUT2D eigenvalue weighted by molar-refractivity contribution is -0.130. The molecule has 3 atom stereocenters. The van der Waals surface area contributed by atoms with Gasteiger partial charge in [0.05, 0.1) is 0 Å². The summed E-state index contributed by atoms with van der Waals surface area (Å²) < 4.78 is 5.32. The maximum Gasteiger partial charge on any atom is 0.249 e. The molecule has 2 N–H and O–H groups in total. The van der Waals surface area contributed by atoms with Gasteiger partial charge in [0.1, 0.15) is 6.10 Å². The summed E-state index contributed by atoms with van der Waals surface area (Å²) in [5.74, 6) is 0.862. The highest BCUT2D eigenvalue weighted by atomic mass is 16.5. The van der Waals surface area contributed by atoms with Gasteiger partial charge in [0, 0.05) is 19.8 Å². The van der Waals surface area contributed by atoms with Gasteiger partial charge in [-0.3, -0.25) is 4.79 Å². The highest BCUT2D eigenvalue weighted by molar-refractivity contribution is 5.80. The molecule has 4 nitrogen and oxygen atoms in total. The standard InChI is InChI=1S/C12H21NO3/c14-8-10-4-1-3-9(10)7-13-12(15)11-5-2-6-16-11/h9-11,14H,1-8H2,(H,13,15). The molecule has 1 heterocycles. The van der Waals surface area contributed by atoms with Crippen LogP contribution in [0.15, 0.2) is 0 Å². The van der Waals surface area contributed by atoms with Crippen molar-refractivity contribution in [3.63, 3.8) is 0 Å². The van der Waals surface area contributed by atoms with Crippen LogP contribution in [0, 0.1) is 11.8 Å². The Bertz CT molecular complexity index is 238. The predicted octanol–water partition coefficient (Wildman–Crippen LogP) is 0.690. The SMILES string of the molecule is O=C(NCC1CCCC1CO)C1CCCO1. The fraction of sp³-hybridized carbons (Fsp3) is 0.917. The molecule has 0 aromatic carbocycles. The van der Waals surface area contributed by atoms with Crippen LogP contribution in [0.2, 0.25) is 0 Å². The van der Waals surface area contributed by atoms with E-state index in [1.54, 1.807) is 0 Å². The van der Waals surface area contributed by atoms with E-state index in [2.05, 4.69) is 5.32 Å². The van der Waals surface area contributed by atoms with Crippen molar-refractivity contribution in [3.8, 4) is 0 Å². The molecule has 0 radical (unpaired) electrons. The largest absolute Gasteiger partial charge is 0.396 e. The van der Waals surface area contributed by atoms with Gasteiger partial charge in [-0.1, -0.05) is 6.42 Å². The fourth-order valence-corrected chi connectivity index (χ4v) is 2.75. The number of hydrogen-bond donors (Lipinski definition) is 2. The Morgan fingerprint density at radius 1 is 1.25 bits per heavy atom. The van der Waals surface area contributed by atoms with Crippen LogP contribution in [-0.4, -0.2) is 36.9 Å². The summed E-state index contributed by atoms with van der Waals surface area (Å²) in [6.45, 7) is 1.66. The van der Waals surface area contributed by atoms with Gasteiger partial charge in [-0.25, -0.2) is 0 Å². The van der Waals surface area contributed by atoms with Gasteiger partial charge in [-0.05, 0) is 37.5 Å². The molecule has 2 rings (SSSR count). The van der Waals surface area contributed by atoms with E-state index in [9.17, 15) is 9.90 Å². The normalized spacial score (nSPS) is 34.2. The van der Waals surface area contributed by atoms with Crippen LogP contribution in [0.1, 0.15) is 32.1 Å². The molecule has 3 unspecified atom stereocenters. The Kier molecular flexibility index (Phi) is 4.18. The number of carbonyl (C=O) groups excluding carboxylic acids is 1. The summed E-state index contributed by atoms with van der Waals surface area (Å²) >= 11 is 0. The van der Waals surface area contributed by atoms with Crippen LogP contribution in [0.4, 0.5) is 0 Å². The predicted molar refractivity (Wildman–Crippen MR) is 59.9 cm³/mol. The second kappa shape index (κ2) is 5.64. The van der Waals surface area contributed by atoms with E-state index in [0.29, 0.717) is 25.0 Å². The van der Waals surface area contributed by atoms with Crippen LogP contribution in [0.5, 0.6) is 0 Å². The zero-order valence-corrected chi connectivity index (χ0v) is 9.65. The minimum absolute atomic E-state index is 0.0288. The number of amides is 1. The zero-order valence-electron chi connectivity index (χ0n) is 9.65. The molecule has 0 spiro atoms. The number of aliphatic hydroxyl groups excluding tert-OH is 1. The number of ether oxygens (including phenoxy) is 1. The van der Waals surface area contributed by atoms with Gasteiger partial charge in [-0.2, -0.15) is 0 Å². The van der Waals surface area contributed by atoms with Crippen molar-refractivity contribution >= 4 is 5.91 Å². The van der Waals surface area contributed by atoms with Crippen molar-refractivity contribution in [2.75, 3.05) is 19.8 Å². The second-order valence-corrected chi connectivity index (χ2v) is 4.88. The first kappa shape index (κ1) is 11.9. The Balaban J connectivity index is 1.71. The monoisotopic (exact) mass is 227 g/mol. The van der Waals surface area contributed by atoms with Crippen LogP contribution >= 0.6 is 0 Å². The Morgan fingerprint density at radius 3 is 2.75 bits per heavy atom. The van der Waals surface area contributed by atoms with Gasteiger partial charge in [0.25, 0.3) is 0 Å². The van der Waals surface area contributed by atoms with Gasteiger partial charge < -0.3 is 15.2 Å². The Labute approximate surface area is 96.4 Å². The van der Waals surface area contributed by atoms with Crippen molar-refractivity contribution in [1.29, 1.82) is 0 Å². The lowest BCUT2D eigenvalue weighted by Crippen LogP contribution is -2.38. The third kappa shape index (κ3) is 2.74. The van der Waals surface area contributed by atoms with E-state index in [1.807, 2.05) is 0 Å². The van der Waals surface area contributed by atoms with Gasteiger partial charge in [0.2, 0.25) is 5.91 Å². The average Bonchev–Trinajstić information content (AvgIpc) is 2.96. The molecule has 0 aromatic heterocycles. The van der Waals surface area contributed by atoms with E-state index in [4.69, 9.17) is 4.74 Å². The molecule has 1 saturated carbocycles. The van der Waals surface area contributed by atoms with Crippen LogP contribution in [-0.2, 0) is 9.53 Å². The summed E-state index contributed by atoms with van der Waals surface area (Å²) in [5, 5.41) is 12.1. The molecular weight excluding hydrogens is 206 g/mol. The molecule has 4 heteroatoms. The fourth-order valence-electron chi connectivity index (χ4n) is 2.75. The summed E-state index contributed by atoms with van der Waals surface area (Å²) in [7, 11) is 0. The molecule has 0 bridgehead atoms. The summed E-state index contributed by atoms with van der Waals surface area (Å²) in [4.78, 5) is 11.7. The summed E-state index contributed by atoms with van der Waals surface area (Å²) in [6.07, 6.45) is 4.99. The molecule has 2 fully saturated rings. The smallest absolute Gasteiger partial charge is 0.249 e. The van der Waals surface area contributed by atoms with Crippen LogP contribution in [0.3, 0.4) is 0 Å². The van der Waals surface area contributed by atoms with Crippen molar-refractivity contribution in [3.05, 3.63) is 0 Å². The Hall–Kier alpha value is -0.610. The van der Waals surface area contributed by atoms with Gasteiger partial charge in [0.15, 0.2) is 0 Å². The molecular formula is C12H21NO3. The topological polar surface area (TPSA) is 58.6 Å². The third-order valence-electron chi connectivity index (χ3n) is 3.81. The van der Waals surface area contributed by atoms with Gasteiger partial charge >= 0.3 is 0 Å². The molecule has 1 amide bonds. The van der Waals surface area contributed by atoms with Crippen molar-refractivity contribution < 1.29 is 14.6 Å². The minimum Gasteiger partial charge on any atom is -0.396 e. The minimum atomic E-state index is -0.228. The maximum absolute atomic E-state index is 11.7. The van der Waals surface area contributed by atoms with Crippen molar-refractivity contribution in [2.45, 2.75) is 38.2 Å². The zero-order chi connectivity index (χ0) is 11.4. The molecule has 2 aliphatic rings. The van der Waals surface area contributed by atoms with Crippen molar-refractivity contribution in [2.24, 2.45) is 11.8 Å². The van der Waals surface area contributed by atoms with Gasteiger partial charge in [-0.15, -0.1) is 0 Å². The second-order valence-electron chi connectivity index (χ2n) is 4.88. The van der Waals surface area contributed by atoms with E-state index in [0.717, 1.165) is 25.7 Å². The average molecular weight is 227 g/mol. The molecule has 92 valence electrons. The van der Waals surface area contributed by atoms with E-state index in [-0.39, 0.29) is 18.6 Å². The van der Waals surface area contributed by atoms with E-state index < -0.39 is 0 Å². The molecule has 1 aliphatic heterocycles. The third-order valence-corrected chi connectivity index (χ3v) is 3.81. The Morgan fingerprint density at radius 2 is 2.06 bits per heavy atom.